The Kier molecular flexibility index (Phi) is 3.39. The Morgan fingerprint density at radius 2 is 2.12 bits per heavy atom. The number of halogens is 4. The number of aromatic nitrogens is 2. The minimum atomic E-state index is -4.45. The third-order valence-electron chi connectivity index (χ3n) is 2.23. The molecule has 0 amide bonds. The normalized spacial score (nSPS) is 16.5. The van der Waals surface area contributed by atoms with Crippen LogP contribution in [0, 0.1) is 0 Å². The van der Waals surface area contributed by atoms with Crippen LogP contribution in [0.25, 0.3) is 0 Å². The first-order valence-electron chi connectivity index (χ1n) is 4.76. The summed E-state index contributed by atoms with van der Waals surface area (Å²) in [6.45, 7) is 0.664. The molecule has 8 heteroatoms. The van der Waals surface area contributed by atoms with Crippen molar-refractivity contribution in [3.63, 3.8) is 0 Å². The Balaban J connectivity index is 2.15. The molecule has 1 heterocycles. The van der Waals surface area contributed by atoms with Crippen LogP contribution in [0.1, 0.15) is 18.7 Å². The molecule has 1 aliphatic carbocycles. The average molecular weight is 316 g/mol. The van der Waals surface area contributed by atoms with Crippen molar-refractivity contribution in [2.24, 2.45) is 0 Å². The van der Waals surface area contributed by atoms with E-state index in [2.05, 4.69) is 25.3 Å². The summed E-state index contributed by atoms with van der Waals surface area (Å²) in [4.78, 5) is 5.44. The summed E-state index contributed by atoms with van der Waals surface area (Å²) in [5.41, 5.74) is 0. The van der Waals surface area contributed by atoms with E-state index in [0.29, 0.717) is 23.0 Å². The van der Waals surface area contributed by atoms with E-state index in [9.17, 15) is 13.2 Å². The van der Waals surface area contributed by atoms with E-state index in [4.69, 9.17) is 0 Å². The number of anilines is 1. The second kappa shape index (κ2) is 4.48. The number of rotatable bonds is 4. The van der Waals surface area contributed by atoms with Crippen LogP contribution in [0.5, 0.6) is 0 Å². The van der Waals surface area contributed by atoms with Crippen LogP contribution in [0.4, 0.5) is 18.3 Å². The highest BCUT2D eigenvalue weighted by molar-refractivity contribution is 9.09. The molecule has 0 radical (unpaired) electrons. The average Bonchev–Trinajstić information content (AvgIpc) is 2.89. The summed E-state index contributed by atoms with van der Waals surface area (Å²) < 4.78 is 40.3. The Labute approximate surface area is 103 Å². The molecule has 0 spiro atoms. The van der Waals surface area contributed by atoms with Gasteiger partial charge in [0.25, 0.3) is 0 Å². The van der Waals surface area contributed by atoms with Crippen LogP contribution in [0.15, 0.2) is 0 Å². The molecule has 1 saturated carbocycles. The minimum absolute atomic E-state index is 0.339. The lowest BCUT2D eigenvalue weighted by molar-refractivity contribution is -0.144. The smallest absolute Gasteiger partial charge is 0.343 e. The predicted molar refractivity (Wildman–Crippen MR) is 59.1 cm³/mol. The monoisotopic (exact) mass is 315 g/mol. The molecule has 90 valence electrons. The lowest BCUT2D eigenvalue weighted by atomic mass is 10.5. The third-order valence-corrected chi connectivity index (χ3v) is 3.34. The standard InChI is InChI=1S/C8H9BrF3N3S/c9-3-4-15(5-1-2-5)7-13-6(14-16-7)8(10,11)12/h5H,1-4H2. The van der Waals surface area contributed by atoms with Crippen LogP contribution in [0.3, 0.4) is 0 Å². The van der Waals surface area contributed by atoms with Gasteiger partial charge in [-0.1, -0.05) is 15.9 Å². The van der Waals surface area contributed by atoms with E-state index >= 15 is 0 Å². The van der Waals surface area contributed by atoms with Gasteiger partial charge >= 0.3 is 6.18 Å². The maximum atomic E-state index is 12.3. The summed E-state index contributed by atoms with van der Waals surface area (Å²) in [7, 11) is 0. The van der Waals surface area contributed by atoms with Gasteiger partial charge in [0.05, 0.1) is 0 Å². The fraction of sp³-hybridized carbons (Fsp3) is 0.750. The largest absolute Gasteiger partial charge is 0.452 e. The van der Waals surface area contributed by atoms with Crippen molar-refractivity contribution in [2.75, 3.05) is 16.8 Å². The second-order valence-electron chi connectivity index (χ2n) is 3.51. The summed E-state index contributed by atoms with van der Waals surface area (Å²) in [6, 6.07) is 0.339. The number of nitrogens with zero attached hydrogens (tertiary/aromatic N) is 3. The first kappa shape index (κ1) is 12.1. The highest BCUT2D eigenvalue weighted by Gasteiger charge is 2.38. The van der Waals surface area contributed by atoms with Crippen LogP contribution < -0.4 is 4.90 Å². The summed E-state index contributed by atoms with van der Waals surface area (Å²) in [5.74, 6) is -1.03. The highest BCUT2D eigenvalue weighted by atomic mass is 79.9. The number of hydrogen-bond donors (Lipinski definition) is 0. The van der Waals surface area contributed by atoms with Gasteiger partial charge in [-0.05, 0) is 12.8 Å². The zero-order valence-corrected chi connectivity index (χ0v) is 10.6. The van der Waals surface area contributed by atoms with Gasteiger partial charge < -0.3 is 4.90 Å². The van der Waals surface area contributed by atoms with Gasteiger partial charge in [0, 0.05) is 29.4 Å². The van der Waals surface area contributed by atoms with Crippen molar-refractivity contribution in [2.45, 2.75) is 25.1 Å². The molecule has 0 atom stereocenters. The van der Waals surface area contributed by atoms with Gasteiger partial charge in [0.2, 0.25) is 11.0 Å². The predicted octanol–water partition coefficient (Wildman–Crippen LogP) is 2.92. The molecule has 0 N–H and O–H groups in total. The van der Waals surface area contributed by atoms with Crippen LogP contribution in [0.2, 0.25) is 0 Å². The number of hydrogen-bond acceptors (Lipinski definition) is 4. The SMILES string of the molecule is FC(F)(F)c1nsc(N(CCBr)C2CC2)n1. The van der Waals surface area contributed by atoms with Crippen LogP contribution in [-0.4, -0.2) is 27.3 Å². The van der Waals surface area contributed by atoms with E-state index in [1.54, 1.807) is 0 Å². The van der Waals surface area contributed by atoms with Gasteiger partial charge in [0.1, 0.15) is 0 Å². The summed E-state index contributed by atoms with van der Waals surface area (Å²) in [5, 5.41) is 1.08. The molecular weight excluding hydrogens is 307 g/mol. The minimum Gasteiger partial charge on any atom is -0.343 e. The fourth-order valence-corrected chi connectivity index (χ4v) is 2.53. The zero-order valence-electron chi connectivity index (χ0n) is 8.17. The molecule has 1 fully saturated rings. The molecule has 0 bridgehead atoms. The fourth-order valence-electron chi connectivity index (χ4n) is 1.36. The van der Waals surface area contributed by atoms with E-state index in [0.717, 1.165) is 24.4 Å². The van der Waals surface area contributed by atoms with Gasteiger partial charge in [-0.3, -0.25) is 0 Å². The number of alkyl halides is 4. The van der Waals surface area contributed by atoms with E-state index in [1.807, 2.05) is 4.90 Å². The highest BCUT2D eigenvalue weighted by Crippen LogP contribution is 2.35. The zero-order chi connectivity index (χ0) is 11.8. The Morgan fingerprint density at radius 1 is 1.44 bits per heavy atom. The molecule has 0 aliphatic heterocycles. The maximum absolute atomic E-state index is 12.3. The Bertz CT molecular complexity index is 364. The molecule has 0 aromatic carbocycles. The first-order valence-corrected chi connectivity index (χ1v) is 6.65. The molecule has 3 nitrogen and oxygen atoms in total. The topological polar surface area (TPSA) is 29.0 Å². The quantitative estimate of drug-likeness (QED) is 0.800. The van der Waals surface area contributed by atoms with Gasteiger partial charge in [-0.15, -0.1) is 0 Å². The molecule has 1 aromatic rings. The van der Waals surface area contributed by atoms with Gasteiger partial charge in [-0.2, -0.15) is 22.5 Å². The van der Waals surface area contributed by atoms with Crippen molar-refractivity contribution in [3.8, 4) is 0 Å². The van der Waals surface area contributed by atoms with Crippen LogP contribution >= 0.6 is 27.5 Å². The molecular formula is C8H9BrF3N3S. The lowest BCUT2D eigenvalue weighted by Gasteiger charge is -2.19. The van der Waals surface area contributed by atoms with E-state index in [-0.39, 0.29) is 0 Å². The molecule has 1 aliphatic rings. The molecule has 0 saturated heterocycles. The molecule has 0 unspecified atom stereocenters. The summed E-state index contributed by atoms with van der Waals surface area (Å²) >= 11 is 4.10. The van der Waals surface area contributed by atoms with E-state index in [1.165, 1.54) is 0 Å². The van der Waals surface area contributed by atoms with Crippen molar-refractivity contribution >= 4 is 32.6 Å². The van der Waals surface area contributed by atoms with Crippen molar-refractivity contribution < 1.29 is 13.2 Å². The van der Waals surface area contributed by atoms with Crippen molar-refractivity contribution in [1.82, 2.24) is 9.36 Å². The maximum Gasteiger partial charge on any atom is 0.452 e. The lowest BCUT2D eigenvalue weighted by Crippen LogP contribution is -2.27. The van der Waals surface area contributed by atoms with Crippen LogP contribution in [-0.2, 0) is 6.18 Å². The molecule has 16 heavy (non-hydrogen) atoms. The van der Waals surface area contributed by atoms with Gasteiger partial charge in [-0.25, -0.2) is 0 Å². The van der Waals surface area contributed by atoms with E-state index < -0.39 is 12.0 Å². The molecule has 2 rings (SSSR count). The van der Waals surface area contributed by atoms with Gasteiger partial charge in [0.15, 0.2) is 0 Å². The second-order valence-corrected chi connectivity index (χ2v) is 5.04. The third kappa shape index (κ3) is 2.65. The Hall–Kier alpha value is -0.370. The summed E-state index contributed by atoms with van der Waals surface area (Å²) in [6.07, 6.45) is -2.40. The Morgan fingerprint density at radius 3 is 2.56 bits per heavy atom. The molecule has 1 aromatic heterocycles. The first-order chi connectivity index (χ1) is 7.52. The van der Waals surface area contributed by atoms with Crippen molar-refractivity contribution in [1.29, 1.82) is 0 Å². The van der Waals surface area contributed by atoms with Crippen molar-refractivity contribution in [3.05, 3.63) is 5.82 Å².